The highest BCUT2D eigenvalue weighted by molar-refractivity contribution is 5.78. The molecular formula is C10H22N4. The summed E-state index contributed by atoms with van der Waals surface area (Å²) >= 11 is 0. The Labute approximate surface area is 86.6 Å². The van der Waals surface area contributed by atoms with Crippen molar-refractivity contribution in [3.05, 3.63) is 0 Å². The predicted molar refractivity (Wildman–Crippen MR) is 60.4 cm³/mol. The Balaban J connectivity index is 2.14. The van der Waals surface area contributed by atoms with E-state index >= 15 is 0 Å². The Hall–Kier alpha value is -0.770. The Kier molecular flexibility index (Phi) is 4.20. The van der Waals surface area contributed by atoms with E-state index in [2.05, 4.69) is 36.2 Å². The van der Waals surface area contributed by atoms with Crippen LogP contribution in [0.5, 0.6) is 0 Å². The average molecular weight is 198 g/mol. The smallest absolute Gasteiger partial charge is 0.189 e. The van der Waals surface area contributed by atoms with Crippen LogP contribution in [0.1, 0.15) is 26.2 Å². The monoisotopic (exact) mass is 198 g/mol. The van der Waals surface area contributed by atoms with Crippen LogP contribution in [-0.2, 0) is 0 Å². The van der Waals surface area contributed by atoms with E-state index in [9.17, 15) is 0 Å². The zero-order valence-electron chi connectivity index (χ0n) is 9.45. The third-order valence-corrected chi connectivity index (χ3v) is 2.27. The van der Waals surface area contributed by atoms with Gasteiger partial charge in [-0.25, -0.2) is 0 Å². The lowest BCUT2D eigenvalue weighted by Crippen LogP contribution is -2.39. The maximum Gasteiger partial charge on any atom is 0.189 e. The molecule has 3 N–H and O–H groups in total. The van der Waals surface area contributed by atoms with Gasteiger partial charge in [-0.3, -0.25) is 4.99 Å². The summed E-state index contributed by atoms with van der Waals surface area (Å²) in [6.45, 7) is 3.21. The fourth-order valence-electron chi connectivity index (χ4n) is 1.21. The minimum absolute atomic E-state index is 0.403. The molecular weight excluding hydrogens is 176 g/mol. The van der Waals surface area contributed by atoms with Crippen LogP contribution >= 0.6 is 0 Å². The van der Waals surface area contributed by atoms with Crippen molar-refractivity contribution in [2.24, 2.45) is 10.7 Å². The molecule has 4 heteroatoms. The molecule has 4 nitrogen and oxygen atoms in total. The second-order valence-corrected chi connectivity index (χ2v) is 4.38. The maximum absolute atomic E-state index is 5.75. The number of nitrogens with zero attached hydrogens (tertiary/aromatic N) is 2. The third-order valence-electron chi connectivity index (χ3n) is 2.27. The first-order valence-corrected chi connectivity index (χ1v) is 5.32. The molecule has 82 valence electrons. The molecule has 1 rings (SSSR count). The molecule has 1 aliphatic carbocycles. The van der Waals surface area contributed by atoms with Crippen molar-refractivity contribution in [1.29, 1.82) is 0 Å². The Bertz CT molecular complexity index is 196. The van der Waals surface area contributed by atoms with Crippen molar-refractivity contribution < 1.29 is 0 Å². The van der Waals surface area contributed by atoms with Crippen LogP contribution in [0.2, 0.25) is 0 Å². The van der Waals surface area contributed by atoms with Gasteiger partial charge in [0.2, 0.25) is 0 Å². The molecule has 0 saturated heterocycles. The van der Waals surface area contributed by atoms with E-state index < -0.39 is 0 Å². The van der Waals surface area contributed by atoms with Crippen LogP contribution in [-0.4, -0.2) is 43.6 Å². The summed E-state index contributed by atoms with van der Waals surface area (Å²) in [6.07, 6.45) is 3.50. The lowest BCUT2D eigenvalue weighted by atomic mass is 10.2. The largest absolute Gasteiger partial charge is 0.370 e. The SMILES string of the molecule is CC(CCN(C)C)NC(N)=NC1CC1. The first-order valence-electron chi connectivity index (χ1n) is 5.32. The van der Waals surface area contributed by atoms with Gasteiger partial charge in [0.25, 0.3) is 0 Å². The van der Waals surface area contributed by atoms with E-state index in [1.54, 1.807) is 0 Å². The lowest BCUT2D eigenvalue weighted by Gasteiger charge is -2.17. The van der Waals surface area contributed by atoms with Crippen molar-refractivity contribution in [1.82, 2.24) is 10.2 Å². The standard InChI is InChI=1S/C10H22N4/c1-8(6-7-14(2)3)12-10(11)13-9-4-5-9/h8-9H,4-7H2,1-3H3,(H3,11,12,13). The number of hydrogen-bond acceptors (Lipinski definition) is 2. The number of hydrogen-bond donors (Lipinski definition) is 2. The number of aliphatic imine (C=N–C) groups is 1. The fraction of sp³-hybridized carbons (Fsp3) is 0.900. The third kappa shape index (κ3) is 5.07. The van der Waals surface area contributed by atoms with Crippen LogP contribution in [0, 0.1) is 0 Å². The number of nitrogens with one attached hydrogen (secondary N) is 1. The molecule has 1 atom stereocenters. The van der Waals surface area contributed by atoms with Gasteiger partial charge < -0.3 is 16.0 Å². The molecule has 0 aliphatic heterocycles. The van der Waals surface area contributed by atoms with Crippen LogP contribution in [0.3, 0.4) is 0 Å². The van der Waals surface area contributed by atoms with Crippen LogP contribution in [0.4, 0.5) is 0 Å². The van der Waals surface area contributed by atoms with E-state index in [1.165, 1.54) is 12.8 Å². The molecule has 0 spiro atoms. The lowest BCUT2D eigenvalue weighted by molar-refractivity contribution is 0.378. The Morgan fingerprint density at radius 3 is 2.71 bits per heavy atom. The molecule has 0 aromatic rings. The summed E-state index contributed by atoms with van der Waals surface area (Å²) in [5.74, 6) is 0.610. The van der Waals surface area contributed by atoms with Gasteiger partial charge in [0.05, 0.1) is 6.04 Å². The second kappa shape index (κ2) is 5.20. The minimum atomic E-state index is 0.403. The van der Waals surface area contributed by atoms with Gasteiger partial charge in [0.1, 0.15) is 0 Å². The summed E-state index contributed by atoms with van der Waals surface area (Å²) in [4.78, 5) is 6.50. The molecule has 0 amide bonds. The van der Waals surface area contributed by atoms with Crippen LogP contribution in [0.15, 0.2) is 4.99 Å². The molecule has 1 saturated carbocycles. The fourth-order valence-corrected chi connectivity index (χ4v) is 1.21. The quantitative estimate of drug-likeness (QED) is 0.496. The summed E-state index contributed by atoms with van der Waals surface area (Å²) < 4.78 is 0. The van der Waals surface area contributed by atoms with Crippen molar-refractivity contribution >= 4 is 5.96 Å². The topological polar surface area (TPSA) is 53.6 Å². The van der Waals surface area contributed by atoms with Gasteiger partial charge in [-0.15, -0.1) is 0 Å². The normalized spacial score (nSPS) is 19.9. The van der Waals surface area contributed by atoms with Gasteiger partial charge >= 0.3 is 0 Å². The molecule has 14 heavy (non-hydrogen) atoms. The molecule has 0 aromatic heterocycles. The molecule has 1 aliphatic rings. The second-order valence-electron chi connectivity index (χ2n) is 4.38. The van der Waals surface area contributed by atoms with Crippen molar-refractivity contribution in [3.63, 3.8) is 0 Å². The average Bonchev–Trinajstić information content (AvgIpc) is 2.84. The zero-order valence-corrected chi connectivity index (χ0v) is 9.45. The van der Waals surface area contributed by atoms with Gasteiger partial charge in [-0.05, 0) is 46.8 Å². The Morgan fingerprint density at radius 1 is 1.57 bits per heavy atom. The highest BCUT2D eigenvalue weighted by atomic mass is 15.1. The number of rotatable bonds is 5. The highest BCUT2D eigenvalue weighted by Gasteiger charge is 2.20. The van der Waals surface area contributed by atoms with Crippen LogP contribution in [0.25, 0.3) is 0 Å². The van der Waals surface area contributed by atoms with Crippen molar-refractivity contribution in [3.8, 4) is 0 Å². The number of nitrogens with two attached hydrogens (primary N) is 1. The molecule has 1 unspecified atom stereocenters. The van der Waals surface area contributed by atoms with Gasteiger partial charge in [-0.2, -0.15) is 0 Å². The number of guanidine groups is 1. The van der Waals surface area contributed by atoms with Gasteiger partial charge in [0.15, 0.2) is 5.96 Å². The molecule has 1 fully saturated rings. The van der Waals surface area contributed by atoms with Crippen molar-refractivity contribution in [2.75, 3.05) is 20.6 Å². The van der Waals surface area contributed by atoms with E-state index in [0.717, 1.165) is 13.0 Å². The van der Waals surface area contributed by atoms with Gasteiger partial charge in [0, 0.05) is 6.04 Å². The summed E-state index contributed by atoms with van der Waals surface area (Å²) in [7, 11) is 4.16. The molecule has 0 bridgehead atoms. The zero-order chi connectivity index (χ0) is 10.6. The van der Waals surface area contributed by atoms with Crippen molar-refractivity contribution in [2.45, 2.75) is 38.3 Å². The summed E-state index contributed by atoms with van der Waals surface area (Å²) in [5, 5.41) is 3.21. The first kappa shape index (κ1) is 11.3. The minimum Gasteiger partial charge on any atom is -0.370 e. The van der Waals surface area contributed by atoms with Gasteiger partial charge in [-0.1, -0.05) is 0 Å². The van der Waals surface area contributed by atoms with Crippen LogP contribution < -0.4 is 11.1 Å². The molecule has 0 aromatic carbocycles. The predicted octanol–water partition coefficient (Wildman–Crippen LogP) is 0.393. The first-order chi connectivity index (χ1) is 6.58. The van der Waals surface area contributed by atoms with E-state index in [-0.39, 0.29) is 0 Å². The van der Waals surface area contributed by atoms with E-state index in [0.29, 0.717) is 18.0 Å². The Morgan fingerprint density at radius 2 is 2.21 bits per heavy atom. The summed E-state index contributed by atoms with van der Waals surface area (Å²) in [6, 6.07) is 0.906. The van der Waals surface area contributed by atoms with E-state index in [1.807, 2.05) is 0 Å². The molecule has 0 heterocycles. The maximum atomic E-state index is 5.75. The van der Waals surface area contributed by atoms with E-state index in [4.69, 9.17) is 5.73 Å². The molecule has 0 radical (unpaired) electrons. The summed E-state index contributed by atoms with van der Waals surface area (Å²) in [5.41, 5.74) is 5.75. The highest BCUT2D eigenvalue weighted by Crippen LogP contribution is 2.22.